The fourth-order valence-electron chi connectivity index (χ4n) is 5.19. The first-order chi connectivity index (χ1) is 15.4. The van der Waals surface area contributed by atoms with Crippen LogP contribution in [0.2, 0.25) is 36.3 Å². The molecule has 32 heavy (non-hydrogen) atoms. The highest BCUT2D eigenvalue weighted by Crippen LogP contribution is 2.42. The first-order valence-electron chi connectivity index (χ1n) is 14.7. The second kappa shape index (κ2) is 19.6. The quantitative estimate of drug-likeness (QED) is 0.0811. The van der Waals surface area contributed by atoms with Crippen LogP contribution in [0.5, 0.6) is 0 Å². The zero-order valence-electron chi connectivity index (χ0n) is 23.7. The van der Waals surface area contributed by atoms with Crippen molar-refractivity contribution in [3.8, 4) is 0 Å². The highest BCUT2D eigenvalue weighted by Gasteiger charge is 2.44. The molecule has 0 amide bonds. The van der Waals surface area contributed by atoms with Gasteiger partial charge in [0.2, 0.25) is 16.6 Å². The van der Waals surface area contributed by atoms with Crippen molar-refractivity contribution in [3.05, 3.63) is 0 Å². The number of hydrogen-bond donors (Lipinski definition) is 0. The van der Waals surface area contributed by atoms with Crippen molar-refractivity contribution >= 4 is 16.6 Å². The van der Waals surface area contributed by atoms with Crippen molar-refractivity contribution in [2.24, 2.45) is 0 Å². The summed E-state index contributed by atoms with van der Waals surface area (Å²) < 4.78 is 13.8. The average Bonchev–Trinajstić information content (AvgIpc) is 2.80. The fraction of sp³-hybridized carbons (Fsp3) is 1.00. The molecule has 194 valence electrons. The summed E-state index contributed by atoms with van der Waals surface area (Å²) in [5.41, 5.74) is 1.51. The van der Waals surface area contributed by atoms with Gasteiger partial charge in [0.25, 0.3) is 0 Å². The maximum Gasteiger partial charge on any atom is 0.237 e. The minimum Gasteiger partial charge on any atom is -0.297 e. The Morgan fingerprint density at radius 1 is 0.438 bits per heavy atom. The highest BCUT2D eigenvalue weighted by molar-refractivity contribution is 6.76. The predicted octanol–water partition coefficient (Wildman–Crippen LogP) is 11.2. The van der Waals surface area contributed by atoms with E-state index in [0.29, 0.717) is 0 Å². The molecule has 4 heteroatoms. The molecular formula is C28H62O2Si2. The molecule has 0 heterocycles. The van der Waals surface area contributed by atoms with E-state index in [1.54, 1.807) is 0 Å². The van der Waals surface area contributed by atoms with Gasteiger partial charge in [0.1, 0.15) is 0 Å². The summed E-state index contributed by atoms with van der Waals surface area (Å²) in [5, 5.41) is 0. The number of unbranched alkanes of at least 4 members (excludes halogenated alkanes) is 6. The van der Waals surface area contributed by atoms with Gasteiger partial charge in [-0.1, -0.05) is 144 Å². The standard InChI is InChI=1S/C28H62O2Si2/c1-9-15-21-27(22-16-10-2)31(7,25-19-13-5)29-30-32(8,26-20-14-6)28(23-17-11-3)24-18-12-4/h27-28H,9-26H2,1-8H3. The molecule has 0 aliphatic rings. The average molecular weight is 487 g/mol. The summed E-state index contributed by atoms with van der Waals surface area (Å²) in [6.07, 6.45) is 21.0. The van der Waals surface area contributed by atoms with Crippen molar-refractivity contribution in [2.45, 2.75) is 181 Å². The molecule has 0 aliphatic carbocycles. The minimum atomic E-state index is -1.92. The van der Waals surface area contributed by atoms with E-state index >= 15 is 0 Å². The van der Waals surface area contributed by atoms with Crippen LogP contribution >= 0.6 is 0 Å². The summed E-state index contributed by atoms with van der Waals surface area (Å²) >= 11 is 0. The second-order valence-electron chi connectivity index (χ2n) is 11.0. The van der Waals surface area contributed by atoms with Gasteiger partial charge in [0, 0.05) is 0 Å². The molecule has 0 saturated heterocycles. The molecule has 0 radical (unpaired) electrons. The maximum atomic E-state index is 6.89. The van der Waals surface area contributed by atoms with Crippen molar-refractivity contribution in [3.63, 3.8) is 0 Å². The van der Waals surface area contributed by atoms with Crippen LogP contribution in [0.25, 0.3) is 0 Å². The normalized spacial score (nSPS) is 15.9. The van der Waals surface area contributed by atoms with E-state index in [1.165, 1.54) is 115 Å². The van der Waals surface area contributed by atoms with Crippen molar-refractivity contribution in [2.75, 3.05) is 0 Å². The van der Waals surface area contributed by atoms with E-state index < -0.39 is 16.6 Å². The van der Waals surface area contributed by atoms with E-state index in [2.05, 4.69) is 54.6 Å². The molecule has 0 fully saturated rings. The Labute approximate surface area is 206 Å². The molecule has 0 rings (SSSR count). The van der Waals surface area contributed by atoms with Crippen LogP contribution in [0.4, 0.5) is 0 Å². The third kappa shape index (κ3) is 12.7. The number of rotatable bonds is 23. The van der Waals surface area contributed by atoms with Gasteiger partial charge in [-0.25, -0.2) is 0 Å². The summed E-state index contributed by atoms with van der Waals surface area (Å²) in [4.78, 5) is 0. The fourth-order valence-corrected chi connectivity index (χ4v) is 13.3. The Morgan fingerprint density at radius 3 is 0.906 bits per heavy atom. The second-order valence-corrected chi connectivity index (χ2v) is 19.2. The molecule has 0 aliphatic heterocycles. The van der Waals surface area contributed by atoms with Gasteiger partial charge in [0.15, 0.2) is 0 Å². The van der Waals surface area contributed by atoms with Crippen molar-refractivity contribution in [1.29, 1.82) is 0 Å². The molecule has 0 aromatic carbocycles. The van der Waals surface area contributed by atoms with Crippen LogP contribution in [0, 0.1) is 0 Å². The van der Waals surface area contributed by atoms with Crippen LogP contribution in [0.3, 0.4) is 0 Å². The highest BCUT2D eigenvalue weighted by atomic mass is 28.4. The zero-order chi connectivity index (χ0) is 24.3. The Kier molecular flexibility index (Phi) is 19.9. The Morgan fingerprint density at radius 2 is 0.688 bits per heavy atom. The third-order valence-electron chi connectivity index (χ3n) is 7.83. The molecule has 0 saturated carbocycles. The van der Waals surface area contributed by atoms with Gasteiger partial charge >= 0.3 is 0 Å². The molecule has 0 bridgehead atoms. The van der Waals surface area contributed by atoms with Crippen LogP contribution in [-0.2, 0) is 9.15 Å². The molecular weight excluding hydrogens is 424 g/mol. The van der Waals surface area contributed by atoms with E-state index in [9.17, 15) is 0 Å². The minimum absolute atomic E-state index is 0.753. The van der Waals surface area contributed by atoms with Gasteiger partial charge in [-0.2, -0.15) is 0 Å². The SMILES string of the molecule is CCCCC(CCCC)[Si](C)(CCCC)OO[Si](C)(CCCC)C(CCCC)CCCC. The Balaban J connectivity index is 5.69. The summed E-state index contributed by atoms with van der Waals surface area (Å²) in [6, 6.07) is 2.54. The lowest BCUT2D eigenvalue weighted by molar-refractivity contribution is -0.133. The summed E-state index contributed by atoms with van der Waals surface area (Å²) in [5.74, 6) is 0. The monoisotopic (exact) mass is 486 g/mol. The van der Waals surface area contributed by atoms with E-state index in [0.717, 1.165) is 11.1 Å². The van der Waals surface area contributed by atoms with Gasteiger partial charge < -0.3 is 0 Å². The van der Waals surface area contributed by atoms with E-state index in [1.807, 2.05) is 0 Å². The Hall–Kier alpha value is 0.354. The molecule has 0 spiro atoms. The van der Waals surface area contributed by atoms with Gasteiger partial charge in [0.05, 0.1) is 0 Å². The molecule has 2 nitrogen and oxygen atoms in total. The summed E-state index contributed by atoms with van der Waals surface area (Å²) in [6.45, 7) is 19.0. The lowest BCUT2D eigenvalue weighted by Gasteiger charge is -2.41. The first-order valence-corrected chi connectivity index (χ1v) is 20.1. The third-order valence-corrected chi connectivity index (χ3v) is 16.2. The lowest BCUT2D eigenvalue weighted by atomic mass is 10.1. The summed E-state index contributed by atoms with van der Waals surface area (Å²) in [7, 11) is -3.84. The van der Waals surface area contributed by atoms with E-state index in [4.69, 9.17) is 9.15 Å². The first kappa shape index (κ1) is 32.4. The van der Waals surface area contributed by atoms with E-state index in [-0.39, 0.29) is 0 Å². The molecule has 0 N–H and O–H groups in total. The largest absolute Gasteiger partial charge is 0.297 e. The smallest absolute Gasteiger partial charge is 0.237 e. The zero-order valence-corrected chi connectivity index (χ0v) is 25.7. The Bertz CT molecular complexity index is 366. The molecule has 0 aromatic rings. The van der Waals surface area contributed by atoms with Gasteiger partial charge in [-0.15, -0.1) is 0 Å². The van der Waals surface area contributed by atoms with Crippen LogP contribution in [0.15, 0.2) is 0 Å². The van der Waals surface area contributed by atoms with Gasteiger partial charge in [-0.3, -0.25) is 9.15 Å². The molecule has 0 aromatic heterocycles. The maximum absolute atomic E-state index is 6.89. The lowest BCUT2D eigenvalue weighted by Crippen LogP contribution is -2.48. The van der Waals surface area contributed by atoms with Crippen LogP contribution < -0.4 is 0 Å². The van der Waals surface area contributed by atoms with Crippen LogP contribution in [0.1, 0.15) is 144 Å². The van der Waals surface area contributed by atoms with Crippen molar-refractivity contribution < 1.29 is 9.15 Å². The molecule has 2 unspecified atom stereocenters. The molecule has 2 atom stereocenters. The predicted molar refractivity (Wildman–Crippen MR) is 150 cm³/mol. The number of hydrogen-bond acceptors (Lipinski definition) is 2. The van der Waals surface area contributed by atoms with Crippen molar-refractivity contribution in [1.82, 2.24) is 0 Å². The van der Waals surface area contributed by atoms with Crippen LogP contribution in [-0.4, -0.2) is 16.6 Å². The topological polar surface area (TPSA) is 18.5 Å². The van der Waals surface area contributed by atoms with Gasteiger partial charge in [-0.05, 0) is 36.3 Å².